The molecule has 2 aliphatic carbocycles. The molecule has 5 heteroatoms. The number of nitrogens with one attached hydrogen (secondary N) is 1. The van der Waals surface area contributed by atoms with Gasteiger partial charge in [-0.2, -0.15) is 0 Å². The summed E-state index contributed by atoms with van der Waals surface area (Å²) in [6.45, 7) is 2.13. The molecule has 0 spiro atoms. The minimum atomic E-state index is -0.0499. The van der Waals surface area contributed by atoms with Gasteiger partial charge in [0.1, 0.15) is 0 Å². The molecule has 1 N–H and O–H groups in total. The molecule has 1 heterocycles. The summed E-state index contributed by atoms with van der Waals surface area (Å²) in [6.07, 6.45) is 7.36. The molecule has 1 atom stereocenters. The molecule has 4 rings (SSSR count). The van der Waals surface area contributed by atoms with Gasteiger partial charge >= 0.3 is 0 Å². The molecular weight excluding hydrogens is 392 g/mol. The van der Waals surface area contributed by atoms with Crippen LogP contribution in [0, 0.1) is 11.8 Å². The van der Waals surface area contributed by atoms with Crippen LogP contribution in [0.15, 0.2) is 28.7 Å². The van der Waals surface area contributed by atoms with Crippen molar-refractivity contribution >= 4 is 27.7 Å². The van der Waals surface area contributed by atoms with Gasteiger partial charge in [0.15, 0.2) is 0 Å². The SMILES string of the molecule is O=C(NCC1(c2cccc(Br)c2)CCC1)C1CCCN(C(=O)C2CC2)C1. The van der Waals surface area contributed by atoms with E-state index in [1.165, 1.54) is 12.0 Å². The number of benzene rings is 1. The lowest BCUT2D eigenvalue weighted by Gasteiger charge is -2.43. The maximum atomic E-state index is 12.8. The summed E-state index contributed by atoms with van der Waals surface area (Å²) < 4.78 is 1.09. The average Bonchev–Trinajstić information content (AvgIpc) is 3.45. The molecule has 1 aliphatic heterocycles. The van der Waals surface area contributed by atoms with E-state index in [0.717, 1.165) is 49.5 Å². The lowest BCUT2D eigenvalue weighted by atomic mass is 9.64. The third-order valence-electron chi connectivity index (χ3n) is 6.38. The predicted octanol–water partition coefficient (Wildman–Crippen LogP) is 3.64. The Kier molecular flexibility index (Phi) is 5.09. The number of hydrogen-bond acceptors (Lipinski definition) is 2. The molecule has 26 heavy (non-hydrogen) atoms. The highest BCUT2D eigenvalue weighted by atomic mass is 79.9. The molecule has 3 fully saturated rings. The van der Waals surface area contributed by atoms with Crippen LogP contribution in [0.2, 0.25) is 0 Å². The van der Waals surface area contributed by atoms with Crippen molar-refractivity contribution < 1.29 is 9.59 Å². The number of likely N-dealkylation sites (tertiary alicyclic amines) is 1. The number of rotatable bonds is 5. The summed E-state index contributed by atoms with van der Waals surface area (Å²) in [5.74, 6) is 0.587. The van der Waals surface area contributed by atoms with Crippen LogP contribution in [0.5, 0.6) is 0 Å². The van der Waals surface area contributed by atoms with Crippen LogP contribution in [0.4, 0.5) is 0 Å². The summed E-state index contributed by atoms with van der Waals surface area (Å²) >= 11 is 3.56. The number of amides is 2. The first-order chi connectivity index (χ1) is 12.6. The Morgan fingerprint density at radius 1 is 1.15 bits per heavy atom. The van der Waals surface area contributed by atoms with Crippen LogP contribution in [0.1, 0.15) is 50.5 Å². The van der Waals surface area contributed by atoms with Crippen LogP contribution in [-0.2, 0) is 15.0 Å². The van der Waals surface area contributed by atoms with Gasteiger partial charge in [0, 0.05) is 35.4 Å². The first-order valence-corrected chi connectivity index (χ1v) is 10.7. The van der Waals surface area contributed by atoms with E-state index in [-0.39, 0.29) is 29.1 Å². The highest BCUT2D eigenvalue weighted by molar-refractivity contribution is 9.10. The Morgan fingerprint density at radius 3 is 2.62 bits per heavy atom. The molecule has 1 saturated heterocycles. The van der Waals surface area contributed by atoms with Gasteiger partial charge in [0.25, 0.3) is 0 Å². The monoisotopic (exact) mass is 418 g/mol. The van der Waals surface area contributed by atoms with E-state index in [2.05, 4.69) is 39.4 Å². The first kappa shape index (κ1) is 18.0. The van der Waals surface area contributed by atoms with Crippen LogP contribution < -0.4 is 5.32 Å². The normalized spacial score (nSPS) is 24.7. The van der Waals surface area contributed by atoms with E-state index >= 15 is 0 Å². The van der Waals surface area contributed by atoms with Gasteiger partial charge in [-0.15, -0.1) is 0 Å². The van der Waals surface area contributed by atoms with Crippen molar-refractivity contribution in [1.82, 2.24) is 10.2 Å². The Bertz CT molecular complexity index is 697. The molecule has 1 unspecified atom stereocenters. The summed E-state index contributed by atoms with van der Waals surface area (Å²) in [4.78, 5) is 27.0. The van der Waals surface area contributed by atoms with Gasteiger partial charge in [-0.1, -0.05) is 34.5 Å². The standard InChI is InChI=1S/C21H27BrN2O2/c22-18-6-1-5-17(12-18)21(9-3-10-21)14-23-19(25)16-4-2-11-24(13-16)20(26)15-7-8-15/h1,5-6,12,15-16H,2-4,7-11,13-14H2,(H,23,25). The second kappa shape index (κ2) is 7.34. The maximum Gasteiger partial charge on any atom is 0.225 e. The summed E-state index contributed by atoms with van der Waals surface area (Å²) in [5.41, 5.74) is 1.39. The summed E-state index contributed by atoms with van der Waals surface area (Å²) in [6, 6.07) is 8.47. The molecule has 140 valence electrons. The van der Waals surface area contributed by atoms with Crippen LogP contribution in [0.3, 0.4) is 0 Å². The molecule has 4 nitrogen and oxygen atoms in total. The fourth-order valence-corrected chi connectivity index (χ4v) is 4.77. The highest BCUT2D eigenvalue weighted by Gasteiger charge is 2.40. The molecular formula is C21H27BrN2O2. The quantitative estimate of drug-likeness (QED) is 0.793. The zero-order valence-corrected chi connectivity index (χ0v) is 16.8. The van der Waals surface area contributed by atoms with Crippen LogP contribution in [-0.4, -0.2) is 36.3 Å². The summed E-state index contributed by atoms with van der Waals surface area (Å²) in [5, 5.41) is 3.23. The fraction of sp³-hybridized carbons (Fsp3) is 0.619. The molecule has 3 aliphatic rings. The molecule has 0 radical (unpaired) electrons. The van der Waals surface area contributed by atoms with Gasteiger partial charge in [-0.25, -0.2) is 0 Å². The second-order valence-electron chi connectivity index (χ2n) is 8.26. The minimum Gasteiger partial charge on any atom is -0.355 e. The van der Waals surface area contributed by atoms with Gasteiger partial charge in [0.05, 0.1) is 5.92 Å². The van der Waals surface area contributed by atoms with Crippen molar-refractivity contribution in [2.75, 3.05) is 19.6 Å². The largest absolute Gasteiger partial charge is 0.355 e. The Morgan fingerprint density at radius 2 is 1.96 bits per heavy atom. The Hall–Kier alpha value is -1.36. The number of nitrogens with zero attached hydrogens (tertiary/aromatic N) is 1. The predicted molar refractivity (Wildman–Crippen MR) is 105 cm³/mol. The smallest absolute Gasteiger partial charge is 0.225 e. The summed E-state index contributed by atoms with van der Waals surface area (Å²) in [7, 11) is 0. The lowest BCUT2D eigenvalue weighted by molar-refractivity contribution is -0.136. The maximum absolute atomic E-state index is 12.8. The van der Waals surface area contributed by atoms with E-state index < -0.39 is 0 Å². The van der Waals surface area contributed by atoms with E-state index in [1.807, 2.05) is 11.0 Å². The Labute approximate surface area is 163 Å². The van der Waals surface area contributed by atoms with E-state index in [1.54, 1.807) is 0 Å². The number of halogens is 1. The van der Waals surface area contributed by atoms with E-state index in [4.69, 9.17) is 0 Å². The molecule has 0 bridgehead atoms. The van der Waals surface area contributed by atoms with Crippen LogP contribution in [0.25, 0.3) is 0 Å². The molecule has 2 saturated carbocycles. The van der Waals surface area contributed by atoms with E-state index in [0.29, 0.717) is 13.1 Å². The van der Waals surface area contributed by atoms with E-state index in [9.17, 15) is 9.59 Å². The van der Waals surface area contributed by atoms with Crippen molar-refractivity contribution in [2.45, 2.75) is 50.4 Å². The first-order valence-electron chi connectivity index (χ1n) is 9.90. The molecule has 2 amide bonds. The van der Waals surface area contributed by atoms with Crippen molar-refractivity contribution in [2.24, 2.45) is 11.8 Å². The zero-order valence-electron chi connectivity index (χ0n) is 15.2. The Balaban J connectivity index is 1.36. The zero-order chi connectivity index (χ0) is 18.1. The molecule has 1 aromatic rings. The van der Waals surface area contributed by atoms with Crippen molar-refractivity contribution in [1.29, 1.82) is 0 Å². The number of piperidine rings is 1. The lowest BCUT2D eigenvalue weighted by Crippen LogP contribution is -2.50. The van der Waals surface area contributed by atoms with Gasteiger partial charge < -0.3 is 10.2 Å². The van der Waals surface area contributed by atoms with Gasteiger partial charge in [-0.05, 0) is 56.2 Å². The average molecular weight is 419 g/mol. The number of carbonyl (C=O) groups is 2. The molecule has 1 aromatic carbocycles. The van der Waals surface area contributed by atoms with Gasteiger partial charge in [0.2, 0.25) is 11.8 Å². The highest BCUT2D eigenvalue weighted by Crippen LogP contribution is 2.44. The van der Waals surface area contributed by atoms with Crippen LogP contribution >= 0.6 is 15.9 Å². The molecule has 0 aromatic heterocycles. The second-order valence-corrected chi connectivity index (χ2v) is 9.18. The topological polar surface area (TPSA) is 49.4 Å². The fourth-order valence-electron chi connectivity index (χ4n) is 4.37. The number of hydrogen-bond donors (Lipinski definition) is 1. The third-order valence-corrected chi connectivity index (χ3v) is 6.87. The minimum absolute atomic E-state index is 0.0499. The number of carbonyl (C=O) groups excluding carboxylic acids is 2. The van der Waals surface area contributed by atoms with Crippen molar-refractivity contribution in [3.8, 4) is 0 Å². The third kappa shape index (κ3) is 3.68. The van der Waals surface area contributed by atoms with Crippen molar-refractivity contribution in [3.05, 3.63) is 34.3 Å². The van der Waals surface area contributed by atoms with Gasteiger partial charge in [-0.3, -0.25) is 9.59 Å². The van der Waals surface area contributed by atoms with Crippen molar-refractivity contribution in [3.63, 3.8) is 0 Å².